The van der Waals surface area contributed by atoms with Crippen LogP contribution in [0.25, 0.3) is 0 Å². The van der Waals surface area contributed by atoms with Crippen molar-refractivity contribution in [2.45, 2.75) is 4.90 Å². The number of nitrogens with one attached hydrogen (secondary N) is 1. The summed E-state index contributed by atoms with van der Waals surface area (Å²) in [7, 11) is 3.52. The van der Waals surface area contributed by atoms with E-state index in [1.807, 2.05) is 6.07 Å². The Morgan fingerprint density at radius 3 is 2.71 bits per heavy atom. The molecule has 5 heteroatoms. The molecule has 0 aliphatic heterocycles. The van der Waals surface area contributed by atoms with Crippen LogP contribution in [0.4, 0.5) is 0 Å². The quantitative estimate of drug-likeness (QED) is 0.638. The molecule has 0 aromatic heterocycles. The maximum absolute atomic E-state index is 11.6. The van der Waals surface area contributed by atoms with E-state index in [9.17, 15) is 4.79 Å². The highest BCUT2D eigenvalue weighted by Gasteiger charge is 2.10. The number of halogens is 1. The van der Waals surface area contributed by atoms with Gasteiger partial charge in [0.05, 0.1) is 5.56 Å². The summed E-state index contributed by atoms with van der Waals surface area (Å²) in [6, 6.07) is 5.33. The lowest BCUT2D eigenvalue weighted by Gasteiger charge is -2.12. The van der Waals surface area contributed by atoms with Crippen LogP contribution in [0.5, 0.6) is 0 Å². The fourth-order valence-electron chi connectivity index (χ4n) is 0.951. The van der Waals surface area contributed by atoms with Gasteiger partial charge in [-0.3, -0.25) is 10.2 Å². The maximum Gasteiger partial charge on any atom is 0.266 e. The average molecular weight is 275 g/mol. The molecule has 0 spiro atoms. The largest absolute Gasteiger partial charge is 0.285 e. The number of benzene rings is 1. The Bertz CT molecular complexity index is 355. The number of carbonyl (C=O) groups is 1. The highest BCUT2D eigenvalue weighted by Crippen LogP contribution is 2.19. The second-order valence-electron chi connectivity index (χ2n) is 3.00. The number of thiol groups is 1. The van der Waals surface area contributed by atoms with E-state index < -0.39 is 0 Å². The summed E-state index contributed by atoms with van der Waals surface area (Å²) in [5.74, 6) is -0.155. The molecule has 1 aromatic carbocycles. The molecule has 0 heterocycles. The molecule has 1 aromatic rings. The molecule has 1 amide bonds. The van der Waals surface area contributed by atoms with Crippen LogP contribution in [0, 0.1) is 0 Å². The summed E-state index contributed by atoms with van der Waals surface area (Å²) in [6.07, 6.45) is 0. The van der Waals surface area contributed by atoms with Crippen LogP contribution in [-0.4, -0.2) is 25.0 Å². The fourth-order valence-corrected chi connectivity index (χ4v) is 1.58. The van der Waals surface area contributed by atoms with Gasteiger partial charge >= 0.3 is 0 Å². The number of hydrogen-bond donors (Lipinski definition) is 2. The lowest BCUT2D eigenvalue weighted by Crippen LogP contribution is -2.36. The number of rotatable bonds is 2. The summed E-state index contributed by atoms with van der Waals surface area (Å²) in [6.45, 7) is 0. The Labute approximate surface area is 97.0 Å². The van der Waals surface area contributed by atoms with Crippen LogP contribution in [0.3, 0.4) is 0 Å². The molecule has 0 radical (unpaired) electrons. The van der Waals surface area contributed by atoms with E-state index >= 15 is 0 Å². The SMILES string of the molecule is CN(C)NC(=O)c1cc(S)ccc1Br. The number of nitrogens with zero attached hydrogens (tertiary/aromatic N) is 1. The monoisotopic (exact) mass is 274 g/mol. The van der Waals surface area contributed by atoms with Gasteiger partial charge in [0.25, 0.3) is 5.91 Å². The second-order valence-corrected chi connectivity index (χ2v) is 4.37. The molecule has 3 nitrogen and oxygen atoms in total. The van der Waals surface area contributed by atoms with Crippen molar-refractivity contribution in [3.8, 4) is 0 Å². The van der Waals surface area contributed by atoms with Crippen LogP contribution in [0.15, 0.2) is 27.6 Å². The summed E-state index contributed by atoms with van der Waals surface area (Å²) in [5, 5.41) is 1.60. The first-order chi connectivity index (χ1) is 6.50. The van der Waals surface area contributed by atoms with Gasteiger partial charge in [-0.1, -0.05) is 0 Å². The van der Waals surface area contributed by atoms with Crippen molar-refractivity contribution in [1.29, 1.82) is 0 Å². The minimum Gasteiger partial charge on any atom is -0.285 e. The van der Waals surface area contributed by atoms with E-state index in [0.717, 1.165) is 9.37 Å². The lowest BCUT2D eigenvalue weighted by molar-refractivity contribution is 0.0856. The molecule has 0 saturated carbocycles. The normalized spacial score (nSPS) is 10.4. The van der Waals surface area contributed by atoms with E-state index in [0.29, 0.717) is 5.56 Å². The Hall–Kier alpha value is -0.520. The van der Waals surface area contributed by atoms with E-state index in [1.54, 1.807) is 31.2 Å². The first-order valence-corrected chi connectivity index (χ1v) is 5.21. The average Bonchev–Trinajstić information content (AvgIpc) is 2.08. The van der Waals surface area contributed by atoms with Crippen LogP contribution >= 0.6 is 28.6 Å². The van der Waals surface area contributed by atoms with Crippen molar-refractivity contribution in [3.63, 3.8) is 0 Å². The first-order valence-electron chi connectivity index (χ1n) is 3.97. The molecule has 76 valence electrons. The molecule has 0 unspecified atom stereocenters. The molecule has 0 bridgehead atoms. The van der Waals surface area contributed by atoms with Crippen molar-refractivity contribution in [2.24, 2.45) is 0 Å². The van der Waals surface area contributed by atoms with Gasteiger partial charge in [0, 0.05) is 23.5 Å². The van der Waals surface area contributed by atoms with Crippen molar-refractivity contribution in [1.82, 2.24) is 10.4 Å². The van der Waals surface area contributed by atoms with E-state index in [-0.39, 0.29) is 5.91 Å². The van der Waals surface area contributed by atoms with Crippen molar-refractivity contribution in [2.75, 3.05) is 14.1 Å². The van der Waals surface area contributed by atoms with Gasteiger partial charge in [0.15, 0.2) is 0 Å². The topological polar surface area (TPSA) is 32.3 Å². The zero-order valence-electron chi connectivity index (χ0n) is 7.91. The molecule has 0 fully saturated rings. The molecule has 0 atom stereocenters. The summed E-state index contributed by atoms with van der Waals surface area (Å²) >= 11 is 7.48. The van der Waals surface area contributed by atoms with E-state index in [1.165, 1.54) is 0 Å². The third kappa shape index (κ3) is 3.01. The molecule has 1 rings (SSSR count). The summed E-state index contributed by atoms with van der Waals surface area (Å²) < 4.78 is 0.759. The van der Waals surface area contributed by atoms with Gasteiger partial charge in [0.1, 0.15) is 0 Å². The van der Waals surface area contributed by atoms with Gasteiger partial charge in [-0.25, -0.2) is 5.01 Å². The first kappa shape index (κ1) is 11.6. The number of carbonyl (C=O) groups excluding carboxylic acids is 1. The summed E-state index contributed by atoms with van der Waals surface area (Å²) in [4.78, 5) is 12.4. The molecule has 14 heavy (non-hydrogen) atoms. The maximum atomic E-state index is 11.6. The molecule has 1 N–H and O–H groups in total. The second kappa shape index (κ2) is 4.82. The third-order valence-corrected chi connectivity index (χ3v) is 2.49. The minimum atomic E-state index is -0.155. The molecular formula is C9H11BrN2OS. The standard InChI is InChI=1S/C9H11BrN2OS/c1-12(2)11-9(13)7-5-6(14)3-4-8(7)10/h3-5,14H,1-2H3,(H,11,13). The van der Waals surface area contributed by atoms with Crippen molar-refractivity contribution in [3.05, 3.63) is 28.2 Å². The summed E-state index contributed by atoms with van der Waals surface area (Å²) in [5.41, 5.74) is 3.23. The number of amides is 1. The van der Waals surface area contributed by atoms with Crippen LogP contribution < -0.4 is 5.43 Å². The Balaban J connectivity index is 2.94. The predicted molar refractivity (Wildman–Crippen MR) is 62.5 cm³/mol. The highest BCUT2D eigenvalue weighted by molar-refractivity contribution is 9.10. The zero-order valence-corrected chi connectivity index (χ0v) is 10.4. The number of hydrogen-bond acceptors (Lipinski definition) is 3. The van der Waals surface area contributed by atoms with E-state index in [4.69, 9.17) is 0 Å². The number of hydrazine groups is 1. The fraction of sp³-hybridized carbons (Fsp3) is 0.222. The Morgan fingerprint density at radius 2 is 2.14 bits per heavy atom. The van der Waals surface area contributed by atoms with Gasteiger partial charge in [-0.15, -0.1) is 12.6 Å². The molecule has 0 aliphatic rings. The van der Waals surface area contributed by atoms with Crippen molar-refractivity contribution >= 4 is 34.5 Å². The van der Waals surface area contributed by atoms with Crippen molar-refractivity contribution < 1.29 is 4.79 Å². The van der Waals surface area contributed by atoms with Crippen LogP contribution in [0.2, 0.25) is 0 Å². The van der Waals surface area contributed by atoms with E-state index in [2.05, 4.69) is 34.0 Å². The van der Waals surface area contributed by atoms with Gasteiger partial charge in [-0.2, -0.15) is 0 Å². The molecule has 0 aliphatic carbocycles. The van der Waals surface area contributed by atoms with Gasteiger partial charge in [-0.05, 0) is 34.1 Å². The van der Waals surface area contributed by atoms with Crippen LogP contribution in [-0.2, 0) is 0 Å². The van der Waals surface area contributed by atoms with Gasteiger partial charge in [0.2, 0.25) is 0 Å². The van der Waals surface area contributed by atoms with Gasteiger partial charge < -0.3 is 0 Å². The predicted octanol–water partition coefficient (Wildman–Crippen LogP) is 1.94. The minimum absolute atomic E-state index is 0.155. The molecule has 0 saturated heterocycles. The Kier molecular flexibility index (Phi) is 3.97. The molecular weight excluding hydrogens is 264 g/mol. The smallest absolute Gasteiger partial charge is 0.266 e. The highest BCUT2D eigenvalue weighted by atomic mass is 79.9. The third-order valence-electron chi connectivity index (χ3n) is 1.52. The van der Waals surface area contributed by atoms with Crippen LogP contribution in [0.1, 0.15) is 10.4 Å². The zero-order chi connectivity index (χ0) is 10.7. The lowest BCUT2D eigenvalue weighted by atomic mass is 10.2. The Morgan fingerprint density at radius 1 is 1.50 bits per heavy atom.